The molecule has 1 aromatic carbocycles. The second-order valence-electron chi connectivity index (χ2n) is 4.50. The monoisotopic (exact) mass is 243 g/mol. The molecule has 0 radical (unpaired) electrons. The number of aromatic nitrogens is 1. The molecule has 0 bridgehead atoms. The number of aliphatic hydroxyl groups is 1. The first-order valence-corrected chi connectivity index (χ1v) is 5.84. The molecule has 0 saturated heterocycles. The summed E-state index contributed by atoms with van der Waals surface area (Å²) in [5.41, 5.74) is 1.26. The standard InChI is InChI=1S/C15H17NO2/c1-11-6-4-7-12(10-11)15(2,17)14-13(18-3)8-5-9-16-14/h4-10,17H,1-3H3. The van der Waals surface area contributed by atoms with E-state index in [1.54, 1.807) is 32.4 Å². The summed E-state index contributed by atoms with van der Waals surface area (Å²) in [5.74, 6) is 0.587. The topological polar surface area (TPSA) is 42.4 Å². The van der Waals surface area contributed by atoms with Crippen molar-refractivity contribution >= 4 is 0 Å². The molecule has 0 saturated carbocycles. The highest BCUT2D eigenvalue weighted by atomic mass is 16.5. The quantitative estimate of drug-likeness (QED) is 0.901. The number of rotatable bonds is 3. The van der Waals surface area contributed by atoms with E-state index in [1.807, 2.05) is 31.2 Å². The van der Waals surface area contributed by atoms with Gasteiger partial charge in [0, 0.05) is 6.20 Å². The highest BCUT2D eigenvalue weighted by molar-refractivity contribution is 5.40. The van der Waals surface area contributed by atoms with Crippen LogP contribution in [0.15, 0.2) is 42.6 Å². The maximum atomic E-state index is 10.8. The summed E-state index contributed by atoms with van der Waals surface area (Å²) in [6.07, 6.45) is 1.65. The number of nitrogens with zero attached hydrogens (tertiary/aromatic N) is 1. The minimum absolute atomic E-state index is 0.526. The molecule has 1 heterocycles. The van der Waals surface area contributed by atoms with Crippen LogP contribution in [-0.4, -0.2) is 17.2 Å². The van der Waals surface area contributed by atoms with E-state index >= 15 is 0 Å². The smallest absolute Gasteiger partial charge is 0.143 e. The SMILES string of the molecule is COc1cccnc1C(C)(O)c1cccc(C)c1. The molecule has 2 aromatic rings. The van der Waals surface area contributed by atoms with Gasteiger partial charge in [-0.15, -0.1) is 0 Å². The fourth-order valence-corrected chi connectivity index (χ4v) is 2.01. The van der Waals surface area contributed by atoms with Crippen molar-refractivity contribution in [3.05, 3.63) is 59.4 Å². The van der Waals surface area contributed by atoms with Crippen LogP contribution >= 0.6 is 0 Å². The molecule has 0 fully saturated rings. The first kappa shape index (κ1) is 12.6. The van der Waals surface area contributed by atoms with E-state index < -0.39 is 5.60 Å². The first-order valence-electron chi connectivity index (χ1n) is 5.84. The second-order valence-corrected chi connectivity index (χ2v) is 4.50. The van der Waals surface area contributed by atoms with Gasteiger partial charge in [0.05, 0.1) is 7.11 Å². The van der Waals surface area contributed by atoms with E-state index in [-0.39, 0.29) is 0 Å². The normalized spacial score (nSPS) is 14.0. The van der Waals surface area contributed by atoms with Crippen LogP contribution in [0, 0.1) is 6.92 Å². The van der Waals surface area contributed by atoms with Gasteiger partial charge in [0.2, 0.25) is 0 Å². The lowest BCUT2D eigenvalue weighted by atomic mass is 9.90. The van der Waals surface area contributed by atoms with Crippen LogP contribution in [0.5, 0.6) is 5.75 Å². The van der Waals surface area contributed by atoms with Crippen molar-refractivity contribution in [3.8, 4) is 5.75 Å². The van der Waals surface area contributed by atoms with Gasteiger partial charge in [-0.05, 0) is 31.5 Å². The van der Waals surface area contributed by atoms with Gasteiger partial charge in [-0.2, -0.15) is 0 Å². The third-order valence-electron chi connectivity index (χ3n) is 3.03. The fourth-order valence-electron chi connectivity index (χ4n) is 2.01. The molecule has 1 N–H and O–H groups in total. The van der Waals surface area contributed by atoms with Crippen LogP contribution in [0.25, 0.3) is 0 Å². The van der Waals surface area contributed by atoms with Crippen LogP contribution in [0.2, 0.25) is 0 Å². The molecule has 1 aromatic heterocycles. The number of methoxy groups -OCH3 is 1. The zero-order valence-electron chi connectivity index (χ0n) is 10.8. The molecule has 0 aliphatic rings. The number of pyridine rings is 1. The molecule has 18 heavy (non-hydrogen) atoms. The van der Waals surface area contributed by atoms with E-state index in [0.29, 0.717) is 11.4 Å². The maximum Gasteiger partial charge on any atom is 0.143 e. The van der Waals surface area contributed by atoms with Gasteiger partial charge in [0.15, 0.2) is 0 Å². The van der Waals surface area contributed by atoms with Crippen molar-refractivity contribution in [2.45, 2.75) is 19.4 Å². The molecule has 94 valence electrons. The Morgan fingerprint density at radius 3 is 2.67 bits per heavy atom. The Labute approximate surface area is 107 Å². The molecule has 3 heteroatoms. The zero-order valence-corrected chi connectivity index (χ0v) is 10.8. The summed E-state index contributed by atoms with van der Waals surface area (Å²) in [4.78, 5) is 4.25. The Morgan fingerprint density at radius 2 is 2.00 bits per heavy atom. The van der Waals surface area contributed by atoms with E-state index in [2.05, 4.69) is 4.98 Å². The van der Waals surface area contributed by atoms with Gasteiger partial charge in [0.25, 0.3) is 0 Å². The van der Waals surface area contributed by atoms with Crippen molar-refractivity contribution in [1.82, 2.24) is 4.98 Å². The van der Waals surface area contributed by atoms with Crippen LogP contribution in [-0.2, 0) is 5.60 Å². The Bertz CT molecular complexity index is 550. The lowest BCUT2D eigenvalue weighted by molar-refractivity contribution is 0.0938. The number of hydrogen-bond acceptors (Lipinski definition) is 3. The van der Waals surface area contributed by atoms with Crippen molar-refractivity contribution in [2.24, 2.45) is 0 Å². The predicted octanol–water partition coefficient (Wildman–Crippen LogP) is 2.65. The number of ether oxygens (including phenoxy) is 1. The van der Waals surface area contributed by atoms with Gasteiger partial charge < -0.3 is 9.84 Å². The van der Waals surface area contributed by atoms with E-state index in [9.17, 15) is 5.11 Å². The lowest BCUT2D eigenvalue weighted by Crippen LogP contribution is -2.25. The summed E-state index contributed by atoms with van der Waals surface area (Å²) in [6, 6.07) is 11.3. The molecule has 2 rings (SSSR count). The van der Waals surface area contributed by atoms with Gasteiger partial charge in [-0.1, -0.05) is 29.8 Å². The molecular formula is C15H17NO2. The zero-order chi connectivity index (χ0) is 13.2. The minimum atomic E-state index is -1.17. The van der Waals surface area contributed by atoms with Crippen LogP contribution < -0.4 is 4.74 Å². The van der Waals surface area contributed by atoms with Crippen molar-refractivity contribution < 1.29 is 9.84 Å². The number of aryl methyl sites for hydroxylation is 1. The first-order chi connectivity index (χ1) is 8.55. The molecule has 0 spiro atoms. The number of hydrogen-bond donors (Lipinski definition) is 1. The summed E-state index contributed by atoms with van der Waals surface area (Å²) in [7, 11) is 1.58. The van der Waals surface area contributed by atoms with Gasteiger partial charge in [0.1, 0.15) is 17.0 Å². The molecule has 3 nitrogen and oxygen atoms in total. The molecule has 0 aliphatic carbocycles. The van der Waals surface area contributed by atoms with Crippen LogP contribution in [0.3, 0.4) is 0 Å². The average Bonchev–Trinajstić information content (AvgIpc) is 2.38. The van der Waals surface area contributed by atoms with Crippen molar-refractivity contribution in [1.29, 1.82) is 0 Å². The van der Waals surface area contributed by atoms with Crippen molar-refractivity contribution in [3.63, 3.8) is 0 Å². The number of benzene rings is 1. The van der Waals surface area contributed by atoms with Crippen LogP contribution in [0.4, 0.5) is 0 Å². The molecule has 0 amide bonds. The Hall–Kier alpha value is -1.87. The Kier molecular flexibility index (Phi) is 3.34. The Balaban J connectivity index is 2.54. The molecule has 1 unspecified atom stereocenters. The van der Waals surface area contributed by atoms with Gasteiger partial charge in [-0.25, -0.2) is 0 Å². The highest BCUT2D eigenvalue weighted by Crippen LogP contribution is 2.33. The minimum Gasteiger partial charge on any atom is -0.495 e. The maximum absolute atomic E-state index is 10.8. The molecule has 1 atom stereocenters. The predicted molar refractivity (Wildman–Crippen MR) is 70.6 cm³/mol. The molecular weight excluding hydrogens is 226 g/mol. The summed E-state index contributed by atoms with van der Waals surface area (Å²) in [6.45, 7) is 3.72. The van der Waals surface area contributed by atoms with Gasteiger partial charge >= 0.3 is 0 Å². The fraction of sp³-hybridized carbons (Fsp3) is 0.267. The third-order valence-corrected chi connectivity index (χ3v) is 3.03. The summed E-state index contributed by atoms with van der Waals surface area (Å²) in [5, 5.41) is 10.8. The van der Waals surface area contributed by atoms with Crippen molar-refractivity contribution in [2.75, 3.05) is 7.11 Å². The highest BCUT2D eigenvalue weighted by Gasteiger charge is 2.30. The van der Waals surface area contributed by atoms with E-state index in [1.165, 1.54) is 0 Å². The van der Waals surface area contributed by atoms with Gasteiger partial charge in [-0.3, -0.25) is 4.98 Å². The lowest BCUT2D eigenvalue weighted by Gasteiger charge is -2.25. The summed E-state index contributed by atoms with van der Waals surface area (Å²) < 4.78 is 5.26. The second kappa shape index (κ2) is 4.78. The average molecular weight is 243 g/mol. The van der Waals surface area contributed by atoms with Crippen LogP contribution in [0.1, 0.15) is 23.7 Å². The molecule has 0 aliphatic heterocycles. The van der Waals surface area contributed by atoms with E-state index in [4.69, 9.17) is 4.74 Å². The summed E-state index contributed by atoms with van der Waals surface area (Å²) >= 11 is 0. The Morgan fingerprint density at radius 1 is 1.22 bits per heavy atom. The van der Waals surface area contributed by atoms with E-state index in [0.717, 1.165) is 11.1 Å². The third kappa shape index (κ3) is 2.22. The largest absolute Gasteiger partial charge is 0.495 e.